The SMILES string of the molecule is CCc1ccc(/C=C2/S[C@H](c3ccc(C)cc3)N(c3ccc(OC)cc3)C2=O)cc1. The van der Waals surface area contributed by atoms with Crippen molar-refractivity contribution in [1.29, 1.82) is 0 Å². The fraction of sp³-hybridized carbons (Fsp3) is 0.192. The van der Waals surface area contributed by atoms with Crippen LogP contribution in [0.3, 0.4) is 0 Å². The van der Waals surface area contributed by atoms with Crippen molar-refractivity contribution in [3.63, 3.8) is 0 Å². The molecule has 30 heavy (non-hydrogen) atoms. The standard InChI is InChI=1S/C26H25NO2S/c1-4-19-7-9-20(10-8-19)17-24-25(28)27(22-13-15-23(29-3)16-14-22)26(30-24)21-11-5-18(2)6-12-21/h5-17,26H,4H2,1-3H3/b24-17+/t26-/m1/s1. The van der Waals surface area contributed by atoms with E-state index in [1.165, 1.54) is 11.1 Å². The molecule has 0 aliphatic carbocycles. The Labute approximate surface area is 182 Å². The zero-order chi connectivity index (χ0) is 21.1. The second-order valence-electron chi connectivity index (χ2n) is 7.36. The number of anilines is 1. The van der Waals surface area contributed by atoms with E-state index < -0.39 is 0 Å². The molecule has 3 aromatic rings. The molecular formula is C26H25NO2S. The molecule has 1 saturated heterocycles. The lowest BCUT2D eigenvalue weighted by Crippen LogP contribution is -2.27. The molecular weight excluding hydrogens is 390 g/mol. The van der Waals surface area contributed by atoms with E-state index in [2.05, 4.69) is 62.4 Å². The van der Waals surface area contributed by atoms with Crippen molar-refractivity contribution in [1.82, 2.24) is 0 Å². The van der Waals surface area contributed by atoms with E-state index in [0.717, 1.165) is 33.9 Å². The van der Waals surface area contributed by atoms with Crippen molar-refractivity contribution in [2.24, 2.45) is 0 Å². The van der Waals surface area contributed by atoms with Crippen LogP contribution in [0.15, 0.2) is 77.7 Å². The number of ether oxygens (including phenoxy) is 1. The van der Waals surface area contributed by atoms with E-state index in [1.54, 1.807) is 18.9 Å². The summed E-state index contributed by atoms with van der Waals surface area (Å²) in [4.78, 5) is 16.1. The molecule has 0 spiro atoms. The van der Waals surface area contributed by atoms with Crippen LogP contribution in [0.2, 0.25) is 0 Å². The summed E-state index contributed by atoms with van der Waals surface area (Å²) in [7, 11) is 1.64. The molecule has 0 radical (unpaired) electrons. The summed E-state index contributed by atoms with van der Waals surface area (Å²) in [6, 6.07) is 24.5. The maximum atomic E-state index is 13.4. The first-order chi connectivity index (χ1) is 14.6. The molecule has 0 aromatic heterocycles. The molecule has 1 fully saturated rings. The Kier molecular flexibility index (Phi) is 5.96. The molecule has 0 unspecified atom stereocenters. The first kappa shape index (κ1) is 20.3. The molecule has 3 aromatic carbocycles. The van der Waals surface area contributed by atoms with Crippen molar-refractivity contribution < 1.29 is 9.53 Å². The highest BCUT2D eigenvalue weighted by molar-refractivity contribution is 8.05. The molecule has 1 aliphatic heterocycles. The largest absolute Gasteiger partial charge is 0.497 e. The quantitative estimate of drug-likeness (QED) is 0.453. The van der Waals surface area contributed by atoms with Crippen LogP contribution in [0.25, 0.3) is 6.08 Å². The predicted octanol–water partition coefficient (Wildman–Crippen LogP) is 6.39. The minimum absolute atomic E-state index is 0.0234. The Bertz CT molecular complexity index is 1050. The molecule has 0 N–H and O–H groups in total. The average molecular weight is 416 g/mol. The smallest absolute Gasteiger partial charge is 0.266 e. The zero-order valence-corrected chi connectivity index (χ0v) is 18.3. The lowest BCUT2D eigenvalue weighted by molar-refractivity contribution is -0.114. The summed E-state index contributed by atoms with van der Waals surface area (Å²) in [6.45, 7) is 4.21. The number of hydrogen-bond acceptors (Lipinski definition) is 3. The van der Waals surface area contributed by atoms with Crippen LogP contribution < -0.4 is 9.64 Å². The fourth-order valence-electron chi connectivity index (χ4n) is 3.49. The van der Waals surface area contributed by atoms with Crippen LogP contribution in [0.5, 0.6) is 5.75 Å². The molecule has 0 bridgehead atoms. The highest BCUT2D eigenvalue weighted by atomic mass is 32.2. The molecule has 1 heterocycles. The molecule has 4 heteroatoms. The van der Waals surface area contributed by atoms with Crippen molar-refractivity contribution in [3.8, 4) is 5.75 Å². The predicted molar refractivity (Wildman–Crippen MR) is 126 cm³/mol. The third kappa shape index (κ3) is 4.14. The Hall–Kier alpha value is -2.98. The molecule has 0 saturated carbocycles. The highest BCUT2D eigenvalue weighted by Crippen LogP contribution is 2.48. The zero-order valence-electron chi connectivity index (χ0n) is 17.5. The number of carbonyl (C=O) groups is 1. The van der Waals surface area contributed by atoms with Gasteiger partial charge in [-0.25, -0.2) is 0 Å². The van der Waals surface area contributed by atoms with Crippen molar-refractivity contribution in [2.45, 2.75) is 25.6 Å². The molecule has 3 nitrogen and oxygen atoms in total. The van der Waals surface area contributed by atoms with Gasteiger partial charge in [0.05, 0.1) is 12.0 Å². The van der Waals surface area contributed by atoms with Crippen molar-refractivity contribution in [3.05, 3.63) is 100.0 Å². The summed E-state index contributed by atoms with van der Waals surface area (Å²) in [5.74, 6) is 0.798. The van der Waals surface area contributed by atoms with Gasteiger partial charge in [0.1, 0.15) is 11.1 Å². The third-order valence-corrected chi connectivity index (χ3v) is 6.55. The summed E-state index contributed by atoms with van der Waals surface area (Å²) < 4.78 is 5.28. The number of benzene rings is 3. The Morgan fingerprint density at radius 3 is 2.23 bits per heavy atom. The van der Waals surface area contributed by atoms with Gasteiger partial charge in [0, 0.05) is 5.69 Å². The Balaban J connectivity index is 1.72. The van der Waals surface area contributed by atoms with Crippen LogP contribution >= 0.6 is 11.8 Å². The molecule has 1 atom stereocenters. The van der Waals surface area contributed by atoms with Gasteiger partial charge in [-0.05, 0) is 60.4 Å². The lowest BCUT2D eigenvalue weighted by atomic mass is 10.1. The summed E-state index contributed by atoms with van der Waals surface area (Å²) in [5.41, 5.74) is 5.51. The molecule has 1 amide bonds. The summed E-state index contributed by atoms with van der Waals surface area (Å²) in [5, 5.41) is -0.104. The fourth-order valence-corrected chi connectivity index (χ4v) is 4.75. The number of methoxy groups -OCH3 is 1. The van der Waals surface area contributed by atoms with Gasteiger partial charge in [0.2, 0.25) is 0 Å². The number of amides is 1. The van der Waals surface area contributed by atoms with Crippen molar-refractivity contribution >= 4 is 29.4 Å². The third-order valence-electron chi connectivity index (χ3n) is 5.30. The molecule has 4 rings (SSSR count). The van der Waals surface area contributed by atoms with Gasteiger partial charge in [-0.3, -0.25) is 9.69 Å². The van der Waals surface area contributed by atoms with Gasteiger partial charge in [-0.2, -0.15) is 0 Å². The summed E-state index contributed by atoms with van der Waals surface area (Å²) in [6.07, 6.45) is 3.00. The first-order valence-electron chi connectivity index (χ1n) is 10.1. The topological polar surface area (TPSA) is 29.5 Å². The minimum atomic E-state index is -0.104. The van der Waals surface area contributed by atoms with Crippen LogP contribution in [0.1, 0.15) is 34.6 Å². The minimum Gasteiger partial charge on any atom is -0.497 e. The van der Waals surface area contributed by atoms with Gasteiger partial charge in [0.15, 0.2) is 0 Å². The van der Waals surface area contributed by atoms with Gasteiger partial charge in [-0.1, -0.05) is 72.8 Å². The Morgan fingerprint density at radius 1 is 0.967 bits per heavy atom. The number of thioether (sulfide) groups is 1. The van der Waals surface area contributed by atoms with Crippen molar-refractivity contribution in [2.75, 3.05) is 12.0 Å². The van der Waals surface area contributed by atoms with E-state index in [9.17, 15) is 4.79 Å². The lowest BCUT2D eigenvalue weighted by Gasteiger charge is -2.24. The second kappa shape index (κ2) is 8.80. The van der Waals surface area contributed by atoms with Crippen LogP contribution in [-0.4, -0.2) is 13.0 Å². The van der Waals surface area contributed by atoms with E-state index in [4.69, 9.17) is 4.74 Å². The van der Waals surface area contributed by atoms with Crippen LogP contribution in [-0.2, 0) is 11.2 Å². The maximum absolute atomic E-state index is 13.4. The van der Waals surface area contributed by atoms with E-state index in [1.807, 2.05) is 35.2 Å². The second-order valence-corrected chi connectivity index (χ2v) is 8.48. The monoisotopic (exact) mass is 415 g/mol. The van der Waals surface area contributed by atoms with Gasteiger partial charge < -0.3 is 4.74 Å². The molecule has 152 valence electrons. The number of nitrogens with zero attached hydrogens (tertiary/aromatic N) is 1. The van der Waals surface area contributed by atoms with Gasteiger partial charge >= 0.3 is 0 Å². The van der Waals surface area contributed by atoms with E-state index in [-0.39, 0.29) is 11.3 Å². The van der Waals surface area contributed by atoms with E-state index in [0.29, 0.717) is 0 Å². The maximum Gasteiger partial charge on any atom is 0.266 e. The van der Waals surface area contributed by atoms with Crippen LogP contribution in [0.4, 0.5) is 5.69 Å². The van der Waals surface area contributed by atoms with Gasteiger partial charge in [0.25, 0.3) is 5.91 Å². The highest BCUT2D eigenvalue weighted by Gasteiger charge is 2.38. The normalized spacial score (nSPS) is 17.6. The first-order valence-corrected chi connectivity index (χ1v) is 11.0. The number of hydrogen-bond donors (Lipinski definition) is 0. The van der Waals surface area contributed by atoms with E-state index >= 15 is 0 Å². The van der Waals surface area contributed by atoms with Gasteiger partial charge in [-0.15, -0.1) is 0 Å². The Morgan fingerprint density at radius 2 is 1.63 bits per heavy atom. The number of aryl methyl sites for hydroxylation is 2. The number of rotatable bonds is 5. The number of carbonyl (C=O) groups excluding carboxylic acids is 1. The average Bonchev–Trinajstić information content (AvgIpc) is 3.10. The molecule has 1 aliphatic rings. The van der Waals surface area contributed by atoms with Crippen LogP contribution in [0, 0.1) is 6.92 Å². The summed E-state index contributed by atoms with van der Waals surface area (Å²) >= 11 is 1.60.